The molecule has 1 aliphatic rings. The molecule has 0 spiro atoms. The molecule has 1 N–H and O–H groups in total. The van der Waals surface area contributed by atoms with Crippen LogP contribution in [0, 0.1) is 12.7 Å². The van der Waals surface area contributed by atoms with E-state index < -0.39 is 11.9 Å². The Morgan fingerprint density at radius 1 is 1.03 bits per heavy atom. The van der Waals surface area contributed by atoms with Gasteiger partial charge >= 0.3 is 6.03 Å². The molecule has 4 aromatic rings. The summed E-state index contributed by atoms with van der Waals surface area (Å²) in [5, 5.41) is 7.16. The normalized spacial score (nSPS) is 15.8. The minimum absolute atomic E-state index is 0.229. The molecule has 2 heterocycles. The van der Waals surface area contributed by atoms with E-state index in [9.17, 15) is 9.18 Å². The van der Waals surface area contributed by atoms with Gasteiger partial charge in [0.25, 0.3) is 5.89 Å². The molecular weight excluding hydrogens is 447 g/mol. The zero-order chi connectivity index (χ0) is 24.5. The fraction of sp³-hybridized carbons (Fsp3) is 0.148. The monoisotopic (exact) mass is 470 g/mol. The van der Waals surface area contributed by atoms with Crippen LogP contribution in [0.2, 0.25) is 0 Å². The van der Waals surface area contributed by atoms with E-state index in [2.05, 4.69) is 15.5 Å². The van der Waals surface area contributed by atoms with Crippen LogP contribution >= 0.6 is 0 Å². The van der Waals surface area contributed by atoms with Crippen molar-refractivity contribution in [3.05, 3.63) is 101 Å². The number of benzene rings is 3. The Kier molecular flexibility index (Phi) is 5.78. The number of rotatable bonds is 5. The Labute approximate surface area is 201 Å². The molecule has 1 atom stereocenters. The van der Waals surface area contributed by atoms with Crippen LogP contribution in [0.4, 0.5) is 14.9 Å². The van der Waals surface area contributed by atoms with Crippen LogP contribution in [0.15, 0.2) is 83.0 Å². The Hall–Kier alpha value is -4.46. The second-order valence-electron chi connectivity index (χ2n) is 8.27. The van der Waals surface area contributed by atoms with Crippen LogP contribution in [-0.2, 0) is 0 Å². The summed E-state index contributed by atoms with van der Waals surface area (Å²) in [6.45, 7) is 3.78. The van der Waals surface area contributed by atoms with Crippen molar-refractivity contribution < 1.29 is 18.4 Å². The van der Waals surface area contributed by atoms with Gasteiger partial charge in [0.1, 0.15) is 11.6 Å². The lowest BCUT2D eigenvalue weighted by Gasteiger charge is -2.35. The van der Waals surface area contributed by atoms with E-state index >= 15 is 0 Å². The quantitative estimate of drug-likeness (QED) is 0.393. The third-order valence-corrected chi connectivity index (χ3v) is 5.91. The molecule has 176 valence electrons. The Morgan fingerprint density at radius 3 is 2.60 bits per heavy atom. The first-order chi connectivity index (χ1) is 16.9. The highest BCUT2D eigenvalue weighted by atomic mass is 19.1. The van der Waals surface area contributed by atoms with Crippen LogP contribution in [0.1, 0.15) is 30.0 Å². The molecule has 0 radical (unpaired) electrons. The van der Waals surface area contributed by atoms with Gasteiger partial charge in [-0.15, -0.1) is 0 Å². The number of halogens is 1. The summed E-state index contributed by atoms with van der Waals surface area (Å²) in [6, 6.07) is 20.0. The zero-order valence-electron chi connectivity index (χ0n) is 19.4. The summed E-state index contributed by atoms with van der Waals surface area (Å²) in [7, 11) is 1.59. The van der Waals surface area contributed by atoms with Gasteiger partial charge in [-0.25, -0.2) is 9.18 Å². The van der Waals surface area contributed by atoms with Gasteiger partial charge in [-0.1, -0.05) is 41.6 Å². The average Bonchev–Trinajstić information content (AvgIpc) is 3.33. The van der Waals surface area contributed by atoms with Crippen molar-refractivity contribution in [3.63, 3.8) is 0 Å². The van der Waals surface area contributed by atoms with Gasteiger partial charge in [-0.05, 0) is 61.4 Å². The van der Waals surface area contributed by atoms with E-state index in [1.165, 1.54) is 12.1 Å². The number of carbonyl (C=O) groups is 1. The number of aryl methyl sites for hydroxylation is 1. The molecule has 7 nitrogen and oxygen atoms in total. The third-order valence-electron chi connectivity index (χ3n) is 5.91. The molecular formula is C27H23FN4O3. The van der Waals surface area contributed by atoms with E-state index in [4.69, 9.17) is 9.26 Å². The van der Waals surface area contributed by atoms with Gasteiger partial charge in [-0.3, -0.25) is 4.90 Å². The summed E-state index contributed by atoms with van der Waals surface area (Å²) in [6.07, 6.45) is 0. The lowest BCUT2D eigenvalue weighted by atomic mass is 9.94. The number of nitrogens with one attached hydrogen (secondary N) is 1. The van der Waals surface area contributed by atoms with E-state index in [1.807, 2.05) is 62.4 Å². The summed E-state index contributed by atoms with van der Waals surface area (Å²) >= 11 is 0. The number of nitrogens with zero attached hydrogens (tertiary/aromatic N) is 3. The van der Waals surface area contributed by atoms with E-state index in [1.54, 1.807) is 24.1 Å². The molecule has 0 saturated heterocycles. The molecule has 0 aliphatic carbocycles. The standard InChI is InChI=1S/C27H23FN4O3/c1-16-7-4-11-21(13-16)32-17(2)23(24(29-27(32)33)18-8-5-10-20(28)14-18)26-30-25(31-35-26)19-9-6-12-22(15-19)34-3/h4-15,24H,1-3H3,(H,29,33). The van der Waals surface area contributed by atoms with Crippen molar-refractivity contribution >= 4 is 17.3 Å². The number of amides is 2. The van der Waals surface area contributed by atoms with E-state index in [0.717, 1.165) is 11.1 Å². The predicted molar refractivity (Wildman–Crippen MR) is 130 cm³/mol. The summed E-state index contributed by atoms with van der Waals surface area (Å²) in [5.74, 6) is 0.860. The predicted octanol–water partition coefficient (Wildman–Crippen LogP) is 5.89. The molecule has 0 fully saturated rings. The maximum Gasteiger partial charge on any atom is 0.326 e. The Balaban J connectivity index is 1.66. The molecule has 1 aromatic heterocycles. The molecule has 5 rings (SSSR count). The van der Waals surface area contributed by atoms with Gasteiger partial charge in [0.15, 0.2) is 0 Å². The summed E-state index contributed by atoms with van der Waals surface area (Å²) in [5.41, 5.74) is 4.18. The third kappa shape index (κ3) is 4.26. The molecule has 8 heteroatoms. The number of carbonyl (C=O) groups excluding carboxylic acids is 1. The number of anilines is 1. The van der Waals surface area contributed by atoms with Crippen molar-refractivity contribution in [3.8, 4) is 17.1 Å². The smallest absolute Gasteiger partial charge is 0.326 e. The number of urea groups is 1. The first kappa shape index (κ1) is 22.3. The first-order valence-electron chi connectivity index (χ1n) is 11.1. The molecule has 35 heavy (non-hydrogen) atoms. The van der Waals surface area contributed by atoms with Crippen LogP contribution in [-0.4, -0.2) is 23.3 Å². The largest absolute Gasteiger partial charge is 0.497 e. The second-order valence-corrected chi connectivity index (χ2v) is 8.27. The van der Waals surface area contributed by atoms with Crippen LogP contribution < -0.4 is 15.0 Å². The van der Waals surface area contributed by atoms with Gasteiger partial charge in [0, 0.05) is 11.3 Å². The first-order valence-corrected chi connectivity index (χ1v) is 11.1. The second kappa shape index (κ2) is 9.06. The highest BCUT2D eigenvalue weighted by Crippen LogP contribution is 2.39. The van der Waals surface area contributed by atoms with Crippen molar-refractivity contribution in [1.29, 1.82) is 0 Å². The van der Waals surface area contributed by atoms with Crippen molar-refractivity contribution in [2.24, 2.45) is 0 Å². The molecule has 1 unspecified atom stereocenters. The van der Waals surface area contributed by atoms with E-state index in [-0.39, 0.29) is 11.9 Å². The highest BCUT2D eigenvalue weighted by Gasteiger charge is 2.36. The Bertz CT molecular complexity index is 1450. The zero-order valence-corrected chi connectivity index (χ0v) is 19.4. The molecule has 3 aromatic carbocycles. The van der Waals surface area contributed by atoms with Gasteiger partial charge in [0.05, 0.1) is 24.4 Å². The summed E-state index contributed by atoms with van der Waals surface area (Å²) < 4.78 is 25.1. The van der Waals surface area contributed by atoms with Crippen LogP contribution in [0.5, 0.6) is 5.75 Å². The van der Waals surface area contributed by atoms with Crippen LogP contribution in [0.3, 0.4) is 0 Å². The van der Waals surface area contributed by atoms with Gasteiger partial charge in [0.2, 0.25) is 5.82 Å². The van der Waals surface area contributed by atoms with E-state index in [0.29, 0.717) is 34.1 Å². The molecule has 0 saturated carbocycles. The number of hydrogen-bond donors (Lipinski definition) is 1. The topological polar surface area (TPSA) is 80.5 Å². The maximum absolute atomic E-state index is 14.1. The minimum Gasteiger partial charge on any atom is -0.497 e. The molecule has 2 amide bonds. The van der Waals surface area contributed by atoms with Crippen LogP contribution in [0.25, 0.3) is 17.0 Å². The van der Waals surface area contributed by atoms with Crippen molar-refractivity contribution in [2.45, 2.75) is 19.9 Å². The van der Waals surface area contributed by atoms with Gasteiger partial charge < -0.3 is 14.6 Å². The Morgan fingerprint density at radius 2 is 1.83 bits per heavy atom. The minimum atomic E-state index is -0.683. The molecule has 0 bridgehead atoms. The molecule has 1 aliphatic heterocycles. The number of methoxy groups -OCH3 is 1. The fourth-order valence-electron chi connectivity index (χ4n) is 4.25. The average molecular weight is 471 g/mol. The maximum atomic E-state index is 14.1. The van der Waals surface area contributed by atoms with Crippen molar-refractivity contribution in [2.75, 3.05) is 12.0 Å². The SMILES string of the molecule is COc1cccc(-c2noc(C3=C(C)N(c4cccc(C)c4)C(=O)NC3c3cccc(F)c3)n2)c1. The number of hydrogen-bond acceptors (Lipinski definition) is 5. The van der Waals surface area contributed by atoms with Gasteiger partial charge in [-0.2, -0.15) is 4.98 Å². The number of allylic oxidation sites excluding steroid dienone is 1. The number of ether oxygens (including phenoxy) is 1. The lowest BCUT2D eigenvalue weighted by molar-refractivity contribution is 0.244. The fourth-order valence-corrected chi connectivity index (χ4v) is 4.25. The van der Waals surface area contributed by atoms with Crippen molar-refractivity contribution in [1.82, 2.24) is 15.5 Å². The number of aromatic nitrogens is 2. The lowest BCUT2D eigenvalue weighted by Crippen LogP contribution is -2.46. The summed E-state index contributed by atoms with van der Waals surface area (Å²) in [4.78, 5) is 19.5. The highest BCUT2D eigenvalue weighted by molar-refractivity contribution is 6.01.